The minimum Gasteiger partial charge on any atom is -0.400 e. The molecule has 0 spiro atoms. The summed E-state index contributed by atoms with van der Waals surface area (Å²) in [5, 5.41) is 7.00. The molecule has 0 saturated carbocycles. The fourth-order valence-electron chi connectivity index (χ4n) is 1.09. The van der Waals surface area contributed by atoms with E-state index < -0.39 is 6.67 Å². The molecule has 0 aliphatic carbocycles. The molecule has 0 amide bonds. The summed E-state index contributed by atoms with van der Waals surface area (Å²) in [5.41, 5.74) is 6.89. The van der Waals surface area contributed by atoms with Crippen LogP contribution in [0.1, 0.15) is 40.5 Å². The molecule has 0 aromatic rings. The first-order valence-corrected chi connectivity index (χ1v) is 6.06. The standard InChI is InChI=1S/C13H24FN.CH4O/c1-5-11(9-12(15)10-14)7-8-13(3,4)6-2;1-2/h5,7-8,12H,6,9-10,15H2,1-4H3;2H,1H3/b8-7-,11-5+;. The molecule has 3 N–H and O–H groups in total. The van der Waals surface area contributed by atoms with Gasteiger partial charge in [0, 0.05) is 13.2 Å². The van der Waals surface area contributed by atoms with Crippen LogP contribution in [-0.4, -0.2) is 24.9 Å². The predicted molar refractivity (Wildman–Crippen MR) is 73.7 cm³/mol. The van der Waals surface area contributed by atoms with E-state index in [4.69, 9.17) is 10.8 Å². The highest BCUT2D eigenvalue weighted by atomic mass is 19.1. The summed E-state index contributed by atoms with van der Waals surface area (Å²) in [6.45, 7) is 8.04. The van der Waals surface area contributed by atoms with Crippen LogP contribution >= 0.6 is 0 Å². The summed E-state index contributed by atoms with van der Waals surface area (Å²) in [7, 11) is 1.00. The minimum absolute atomic E-state index is 0.202. The first kappa shape index (κ1) is 18.7. The van der Waals surface area contributed by atoms with Crippen LogP contribution in [-0.2, 0) is 0 Å². The third-order valence-corrected chi connectivity index (χ3v) is 2.73. The van der Waals surface area contributed by atoms with Gasteiger partial charge < -0.3 is 10.8 Å². The maximum absolute atomic E-state index is 12.2. The predicted octanol–water partition coefficient (Wildman–Crippen LogP) is 3.22. The first-order chi connectivity index (χ1) is 7.95. The molecule has 0 aromatic carbocycles. The zero-order chi connectivity index (χ0) is 13.9. The lowest BCUT2D eigenvalue weighted by atomic mass is 9.89. The van der Waals surface area contributed by atoms with Crippen molar-refractivity contribution in [1.82, 2.24) is 0 Å². The van der Waals surface area contributed by atoms with Crippen molar-refractivity contribution in [3.05, 3.63) is 23.8 Å². The van der Waals surface area contributed by atoms with Crippen molar-refractivity contribution in [2.45, 2.75) is 46.6 Å². The molecule has 17 heavy (non-hydrogen) atoms. The molecule has 102 valence electrons. The van der Waals surface area contributed by atoms with Gasteiger partial charge in [-0.15, -0.1) is 0 Å². The van der Waals surface area contributed by atoms with E-state index in [-0.39, 0.29) is 11.5 Å². The second-order valence-corrected chi connectivity index (χ2v) is 4.66. The van der Waals surface area contributed by atoms with Gasteiger partial charge in [-0.25, -0.2) is 4.39 Å². The van der Waals surface area contributed by atoms with Gasteiger partial charge in [0.2, 0.25) is 0 Å². The summed E-state index contributed by atoms with van der Waals surface area (Å²) in [5.74, 6) is 0. The van der Waals surface area contributed by atoms with E-state index >= 15 is 0 Å². The molecule has 3 heteroatoms. The maximum Gasteiger partial charge on any atom is 0.105 e. The Hall–Kier alpha value is -0.670. The second-order valence-electron chi connectivity index (χ2n) is 4.66. The summed E-state index contributed by atoms with van der Waals surface area (Å²) in [6.07, 6.45) is 7.95. The van der Waals surface area contributed by atoms with Crippen molar-refractivity contribution < 1.29 is 9.50 Å². The topological polar surface area (TPSA) is 46.2 Å². The molecule has 1 unspecified atom stereocenters. The van der Waals surface area contributed by atoms with Crippen molar-refractivity contribution in [3.8, 4) is 0 Å². The highest BCUT2D eigenvalue weighted by molar-refractivity contribution is 5.20. The zero-order valence-corrected chi connectivity index (χ0v) is 11.8. The molecule has 0 radical (unpaired) electrons. The van der Waals surface area contributed by atoms with Gasteiger partial charge >= 0.3 is 0 Å². The Morgan fingerprint density at radius 1 is 1.41 bits per heavy atom. The fraction of sp³-hybridized carbons (Fsp3) is 0.714. The van der Waals surface area contributed by atoms with Crippen LogP contribution in [0.25, 0.3) is 0 Å². The monoisotopic (exact) mass is 245 g/mol. The van der Waals surface area contributed by atoms with Crippen LogP contribution in [0.5, 0.6) is 0 Å². The molecule has 0 aromatic heterocycles. The van der Waals surface area contributed by atoms with Crippen molar-refractivity contribution in [2.75, 3.05) is 13.8 Å². The Balaban J connectivity index is 0. The SMILES string of the molecule is C/C=C(\C=C/C(C)(C)CC)CC(N)CF.CO. The smallest absolute Gasteiger partial charge is 0.105 e. The molecule has 0 aliphatic heterocycles. The molecule has 0 bridgehead atoms. The zero-order valence-electron chi connectivity index (χ0n) is 11.8. The number of hydrogen-bond acceptors (Lipinski definition) is 2. The van der Waals surface area contributed by atoms with E-state index in [0.717, 1.165) is 19.1 Å². The Morgan fingerprint density at radius 3 is 2.29 bits per heavy atom. The average Bonchev–Trinajstić information content (AvgIpc) is 2.36. The van der Waals surface area contributed by atoms with Gasteiger partial charge in [0.1, 0.15) is 6.67 Å². The highest BCUT2D eigenvalue weighted by Gasteiger charge is 2.10. The van der Waals surface area contributed by atoms with Crippen molar-refractivity contribution >= 4 is 0 Å². The summed E-state index contributed by atoms with van der Waals surface area (Å²) >= 11 is 0. The Kier molecular flexibility index (Phi) is 11.5. The highest BCUT2D eigenvalue weighted by Crippen LogP contribution is 2.22. The van der Waals surface area contributed by atoms with Crippen LogP contribution in [0.2, 0.25) is 0 Å². The third-order valence-electron chi connectivity index (χ3n) is 2.73. The second kappa shape index (κ2) is 10.5. The van der Waals surface area contributed by atoms with Crippen molar-refractivity contribution in [1.29, 1.82) is 0 Å². The van der Waals surface area contributed by atoms with Crippen molar-refractivity contribution in [3.63, 3.8) is 0 Å². The fourth-order valence-corrected chi connectivity index (χ4v) is 1.09. The lowest BCUT2D eigenvalue weighted by molar-refractivity contribution is 0.399. The summed E-state index contributed by atoms with van der Waals surface area (Å²) in [4.78, 5) is 0. The van der Waals surface area contributed by atoms with Crippen LogP contribution < -0.4 is 5.73 Å². The average molecular weight is 245 g/mol. The normalized spacial score (nSPS) is 14.5. The molecule has 2 nitrogen and oxygen atoms in total. The van der Waals surface area contributed by atoms with Gasteiger partial charge in [0.25, 0.3) is 0 Å². The Morgan fingerprint density at radius 2 is 1.94 bits per heavy atom. The van der Waals surface area contributed by atoms with Gasteiger partial charge in [-0.3, -0.25) is 0 Å². The van der Waals surface area contributed by atoms with Gasteiger partial charge in [0.15, 0.2) is 0 Å². The van der Waals surface area contributed by atoms with E-state index in [0.29, 0.717) is 6.42 Å². The van der Waals surface area contributed by atoms with Gasteiger partial charge in [-0.2, -0.15) is 0 Å². The molecule has 0 heterocycles. The van der Waals surface area contributed by atoms with Gasteiger partial charge in [0.05, 0.1) is 0 Å². The largest absolute Gasteiger partial charge is 0.400 e. The molecule has 0 aliphatic rings. The molecular formula is C14H28FNO. The molecular weight excluding hydrogens is 217 g/mol. The van der Waals surface area contributed by atoms with E-state index in [1.807, 2.05) is 13.0 Å². The van der Waals surface area contributed by atoms with Gasteiger partial charge in [-0.05, 0) is 25.2 Å². The van der Waals surface area contributed by atoms with Crippen LogP contribution in [0.3, 0.4) is 0 Å². The molecule has 0 rings (SSSR count). The molecule has 1 atom stereocenters. The summed E-state index contributed by atoms with van der Waals surface area (Å²) in [6, 6.07) is -0.370. The van der Waals surface area contributed by atoms with Gasteiger partial charge in [-0.1, -0.05) is 44.6 Å². The number of nitrogens with two attached hydrogens (primary N) is 1. The van der Waals surface area contributed by atoms with Crippen molar-refractivity contribution in [2.24, 2.45) is 11.1 Å². The number of allylic oxidation sites excluding steroid dienone is 3. The maximum atomic E-state index is 12.2. The van der Waals surface area contributed by atoms with Crippen LogP contribution in [0, 0.1) is 5.41 Å². The quantitative estimate of drug-likeness (QED) is 0.706. The number of hydrogen-bond donors (Lipinski definition) is 2. The molecule has 0 saturated heterocycles. The minimum atomic E-state index is -0.456. The first-order valence-electron chi connectivity index (χ1n) is 6.06. The van der Waals surface area contributed by atoms with E-state index in [1.165, 1.54) is 0 Å². The Bertz CT molecular complexity index is 234. The number of alkyl halides is 1. The lowest BCUT2D eigenvalue weighted by Gasteiger charge is -2.17. The third kappa shape index (κ3) is 10.2. The van der Waals surface area contributed by atoms with Crippen LogP contribution in [0.15, 0.2) is 23.8 Å². The Labute approximate surface area is 105 Å². The molecule has 0 fully saturated rings. The number of rotatable bonds is 6. The lowest BCUT2D eigenvalue weighted by Crippen LogP contribution is -2.22. The number of aliphatic hydroxyl groups is 1. The number of aliphatic hydroxyl groups excluding tert-OH is 1. The van der Waals surface area contributed by atoms with E-state index in [1.54, 1.807) is 0 Å². The van der Waals surface area contributed by atoms with E-state index in [2.05, 4.69) is 32.9 Å². The van der Waals surface area contributed by atoms with Crippen LogP contribution in [0.4, 0.5) is 4.39 Å². The summed E-state index contributed by atoms with van der Waals surface area (Å²) < 4.78 is 12.2. The van der Waals surface area contributed by atoms with E-state index in [9.17, 15) is 4.39 Å². The number of halogens is 1.